The molecule has 0 amide bonds. The smallest absolute Gasteiger partial charge is 0.374 e. The van der Waals surface area contributed by atoms with Crippen LogP contribution in [0, 0.1) is 6.92 Å². The Balaban J connectivity index is 2.02. The molecule has 1 fully saturated rings. The summed E-state index contributed by atoms with van der Waals surface area (Å²) < 4.78 is 37.3. The van der Waals surface area contributed by atoms with E-state index in [0.29, 0.717) is 36.0 Å². The first kappa shape index (κ1) is 16.9. The Morgan fingerprint density at radius 2 is 2.21 bits per heavy atom. The van der Waals surface area contributed by atoms with E-state index in [0.717, 1.165) is 0 Å². The van der Waals surface area contributed by atoms with E-state index in [1.165, 1.54) is 16.4 Å². The zero-order valence-electron chi connectivity index (χ0n) is 13.6. The van der Waals surface area contributed by atoms with Crippen molar-refractivity contribution in [1.82, 2.24) is 4.31 Å². The molecule has 0 unspecified atom stereocenters. The lowest BCUT2D eigenvalue weighted by atomic mass is 10.1. The van der Waals surface area contributed by atoms with E-state index < -0.39 is 16.0 Å². The summed E-state index contributed by atoms with van der Waals surface area (Å²) in [6.07, 6.45) is 0.652. The average Bonchev–Trinajstić information content (AvgIpc) is 3.12. The van der Waals surface area contributed by atoms with E-state index in [9.17, 15) is 13.2 Å². The predicted molar refractivity (Wildman–Crippen MR) is 88.3 cm³/mol. The minimum Gasteiger partial charge on any atom is -0.460 e. The van der Waals surface area contributed by atoms with Gasteiger partial charge in [-0.1, -0.05) is 0 Å². The first-order valence-corrected chi connectivity index (χ1v) is 9.24. The Morgan fingerprint density at radius 1 is 1.46 bits per heavy atom. The number of hydrogen-bond acceptors (Lipinski definition) is 6. The highest BCUT2D eigenvalue weighted by Gasteiger charge is 2.31. The van der Waals surface area contributed by atoms with Gasteiger partial charge in [-0.25, -0.2) is 13.2 Å². The molecule has 0 saturated carbocycles. The number of rotatable bonds is 4. The molecule has 130 valence electrons. The van der Waals surface area contributed by atoms with Crippen LogP contribution in [0.5, 0.6) is 0 Å². The molecule has 0 bridgehead atoms. The van der Waals surface area contributed by atoms with Crippen LogP contribution in [-0.2, 0) is 14.8 Å². The standard InChI is InChI=1S/C16H20N2O5S/c1-3-22-16(19)15-10(2)13-8-12(4-5-14(13)23-15)24(20,21)18-7-6-11(17)9-18/h4-5,8,11H,3,6-7,9,17H2,1-2H3/t11-/m1/s1. The summed E-state index contributed by atoms with van der Waals surface area (Å²) in [4.78, 5) is 12.1. The molecule has 0 radical (unpaired) electrons. The molecular weight excluding hydrogens is 332 g/mol. The number of carbonyl (C=O) groups excluding carboxylic acids is 1. The Morgan fingerprint density at radius 3 is 2.83 bits per heavy atom. The molecule has 1 atom stereocenters. The molecule has 2 N–H and O–H groups in total. The van der Waals surface area contributed by atoms with Gasteiger partial charge in [-0.15, -0.1) is 0 Å². The molecule has 1 aromatic heterocycles. The highest BCUT2D eigenvalue weighted by molar-refractivity contribution is 7.89. The number of aryl methyl sites for hydroxylation is 1. The van der Waals surface area contributed by atoms with E-state index >= 15 is 0 Å². The van der Waals surface area contributed by atoms with Gasteiger partial charge >= 0.3 is 5.97 Å². The third-order valence-electron chi connectivity index (χ3n) is 4.19. The van der Waals surface area contributed by atoms with Crippen LogP contribution in [-0.4, -0.2) is 44.4 Å². The molecule has 2 aromatic rings. The summed E-state index contributed by atoms with van der Waals surface area (Å²) in [6, 6.07) is 4.46. The van der Waals surface area contributed by atoms with Gasteiger partial charge in [0, 0.05) is 30.1 Å². The number of ether oxygens (including phenoxy) is 1. The fourth-order valence-corrected chi connectivity index (χ4v) is 4.41. The number of nitrogens with two attached hydrogens (primary N) is 1. The van der Waals surface area contributed by atoms with Gasteiger partial charge in [0.15, 0.2) is 0 Å². The topological polar surface area (TPSA) is 103 Å². The fourth-order valence-electron chi connectivity index (χ4n) is 2.87. The lowest BCUT2D eigenvalue weighted by molar-refractivity contribution is 0.0491. The fraction of sp³-hybridized carbons (Fsp3) is 0.438. The van der Waals surface area contributed by atoms with Crippen LogP contribution in [0.15, 0.2) is 27.5 Å². The van der Waals surface area contributed by atoms with Gasteiger partial charge in [0.2, 0.25) is 15.8 Å². The number of hydrogen-bond donors (Lipinski definition) is 1. The maximum atomic E-state index is 12.7. The van der Waals surface area contributed by atoms with Crippen molar-refractivity contribution < 1.29 is 22.4 Å². The van der Waals surface area contributed by atoms with Crippen molar-refractivity contribution in [2.75, 3.05) is 19.7 Å². The summed E-state index contributed by atoms with van der Waals surface area (Å²) in [5.41, 5.74) is 6.83. The largest absolute Gasteiger partial charge is 0.460 e. The van der Waals surface area contributed by atoms with Crippen LogP contribution in [0.3, 0.4) is 0 Å². The predicted octanol–water partition coefficient (Wildman–Crippen LogP) is 1.64. The SMILES string of the molecule is CCOC(=O)c1oc2ccc(S(=O)(=O)N3CC[C@@H](N)C3)cc2c1C. The summed E-state index contributed by atoms with van der Waals surface area (Å²) in [5.74, 6) is -0.453. The molecule has 0 aliphatic carbocycles. The summed E-state index contributed by atoms with van der Waals surface area (Å²) in [5, 5.41) is 0.586. The number of nitrogens with zero attached hydrogens (tertiary/aromatic N) is 1. The lowest BCUT2D eigenvalue weighted by Crippen LogP contribution is -2.31. The summed E-state index contributed by atoms with van der Waals surface area (Å²) >= 11 is 0. The minimum atomic E-state index is -3.61. The Hall–Kier alpha value is -1.90. The van der Waals surface area contributed by atoms with Crippen LogP contribution in [0.1, 0.15) is 29.5 Å². The second-order valence-corrected chi connectivity index (χ2v) is 7.78. The van der Waals surface area contributed by atoms with Gasteiger partial charge in [0.1, 0.15) is 5.58 Å². The van der Waals surface area contributed by atoms with Crippen LogP contribution in [0.2, 0.25) is 0 Å². The average molecular weight is 352 g/mol. The van der Waals surface area contributed by atoms with Crippen LogP contribution in [0.25, 0.3) is 11.0 Å². The zero-order chi connectivity index (χ0) is 17.5. The molecule has 24 heavy (non-hydrogen) atoms. The Labute approximate surface area is 140 Å². The number of esters is 1. The number of furan rings is 1. The van der Waals surface area contributed by atoms with Gasteiger partial charge in [-0.05, 0) is 38.5 Å². The monoisotopic (exact) mass is 352 g/mol. The molecule has 0 spiro atoms. The Bertz CT molecular complexity index is 887. The van der Waals surface area contributed by atoms with Crippen LogP contribution in [0.4, 0.5) is 0 Å². The van der Waals surface area contributed by atoms with E-state index in [4.69, 9.17) is 14.9 Å². The molecule has 1 aromatic carbocycles. The second-order valence-electron chi connectivity index (χ2n) is 5.85. The van der Waals surface area contributed by atoms with Crippen molar-refractivity contribution in [3.8, 4) is 0 Å². The van der Waals surface area contributed by atoms with Gasteiger partial charge in [0.05, 0.1) is 11.5 Å². The van der Waals surface area contributed by atoms with Gasteiger partial charge in [-0.2, -0.15) is 4.31 Å². The van der Waals surface area contributed by atoms with Crippen molar-refractivity contribution in [2.45, 2.75) is 31.2 Å². The van der Waals surface area contributed by atoms with E-state index in [1.807, 2.05) is 0 Å². The van der Waals surface area contributed by atoms with Gasteiger partial charge in [0.25, 0.3) is 0 Å². The molecule has 7 nitrogen and oxygen atoms in total. The number of benzene rings is 1. The lowest BCUT2D eigenvalue weighted by Gasteiger charge is -2.15. The zero-order valence-corrected chi connectivity index (χ0v) is 14.4. The molecular formula is C16H20N2O5S. The number of carbonyl (C=O) groups is 1. The van der Waals surface area contributed by atoms with Crippen molar-refractivity contribution >= 4 is 27.0 Å². The summed E-state index contributed by atoms with van der Waals surface area (Å²) in [7, 11) is -3.61. The highest BCUT2D eigenvalue weighted by Crippen LogP contribution is 2.30. The third kappa shape index (κ3) is 2.81. The van der Waals surface area contributed by atoms with E-state index in [1.54, 1.807) is 19.9 Å². The molecule has 1 aliphatic rings. The van der Waals surface area contributed by atoms with Crippen molar-refractivity contribution in [2.24, 2.45) is 5.73 Å². The number of sulfonamides is 1. The molecule has 2 heterocycles. The van der Waals surface area contributed by atoms with E-state index in [2.05, 4.69) is 0 Å². The van der Waals surface area contributed by atoms with Gasteiger partial charge < -0.3 is 14.9 Å². The molecule has 3 rings (SSSR count). The normalized spacial score (nSPS) is 19.0. The van der Waals surface area contributed by atoms with E-state index in [-0.39, 0.29) is 23.3 Å². The maximum Gasteiger partial charge on any atom is 0.374 e. The second kappa shape index (κ2) is 6.19. The quantitative estimate of drug-likeness (QED) is 0.839. The molecule has 1 saturated heterocycles. The highest BCUT2D eigenvalue weighted by atomic mass is 32.2. The minimum absolute atomic E-state index is 0.101. The first-order chi connectivity index (χ1) is 11.3. The van der Waals surface area contributed by atoms with Crippen molar-refractivity contribution in [3.63, 3.8) is 0 Å². The number of fused-ring (bicyclic) bond motifs is 1. The van der Waals surface area contributed by atoms with Crippen LogP contribution >= 0.6 is 0 Å². The van der Waals surface area contributed by atoms with Crippen molar-refractivity contribution in [3.05, 3.63) is 29.5 Å². The first-order valence-electron chi connectivity index (χ1n) is 7.80. The molecule has 8 heteroatoms. The van der Waals surface area contributed by atoms with Crippen LogP contribution < -0.4 is 5.73 Å². The summed E-state index contributed by atoms with van der Waals surface area (Å²) in [6.45, 7) is 4.39. The maximum absolute atomic E-state index is 12.7. The Kier molecular flexibility index (Phi) is 4.37. The third-order valence-corrected chi connectivity index (χ3v) is 6.05. The van der Waals surface area contributed by atoms with Crippen molar-refractivity contribution in [1.29, 1.82) is 0 Å². The van der Waals surface area contributed by atoms with Gasteiger partial charge in [-0.3, -0.25) is 0 Å². The molecule has 1 aliphatic heterocycles.